The van der Waals surface area contributed by atoms with Crippen LogP contribution in [0.25, 0.3) is 6.08 Å². The van der Waals surface area contributed by atoms with Crippen molar-refractivity contribution >= 4 is 45.2 Å². The Morgan fingerprint density at radius 2 is 1.68 bits per heavy atom. The Hall–Kier alpha value is -4.89. The van der Waals surface area contributed by atoms with Crippen LogP contribution in [0, 0.1) is 5.92 Å². The number of benzene rings is 4. The van der Waals surface area contributed by atoms with Crippen molar-refractivity contribution in [3.8, 4) is 17.2 Å². The van der Waals surface area contributed by atoms with Gasteiger partial charge in [0.15, 0.2) is 23.1 Å². The van der Waals surface area contributed by atoms with E-state index in [-0.39, 0.29) is 24.3 Å². The minimum absolute atomic E-state index is 0.0566. The van der Waals surface area contributed by atoms with E-state index in [9.17, 15) is 9.59 Å². The minimum Gasteiger partial charge on any atom is -0.496 e. The van der Waals surface area contributed by atoms with Gasteiger partial charge in [0.05, 0.1) is 23.5 Å². The van der Waals surface area contributed by atoms with E-state index in [2.05, 4.69) is 21.2 Å². The quantitative estimate of drug-likeness (QED) is 0.259. The van der Waals surface area contributed by atoms with Crippen LogP contribution in [0.1, 0.15) is 43.4 Å². The molecule has 4 aliphatic rings. The topological polar surface area (TPSA) is 94.2 Å². The number of nitrogens with one attached hydrogen (secondary N) is 1. The van der Waals surface area contributed by atoms with E-state index in [1.807, 2.05) is 65.7 Å². The highest BCUT2D eigenvalue weighted by Crippen LogP contribution is 2.62. The fourth-order valence-corrected chi connectivity index (χ4v) is 7.93. The summed E-state index contributed by atoms with van der Waals surface area (Å²) in [7, 11) is 1.55. The average Bonchev–Trinajstić information content (AvgIpc) is 3.73. The molecular weight excluding hydrogens is 624 g/mol. The maximum Gasteiger partial charge on any atom is 0.238 e. The molecule has 1 saturated heterocycles. The molecule has 0 unspecified atom stereocenters. The van der Waals surface area contributed by atoms with Crippen molar-refractivity contribution in [2.24, 2.45) is 5.92 Å². The van der Waals surface area contributed by atoms with Gasteiger partial charge in [-0.2, -0.15) is 0 Å². The van der Waals surface area contributed by atoms with Crippen molar-refractivity contribution in [1.29, 1.82) is 0 Å². The molecule has 218 valence electrons. The average molecular weight is 649 g/mol. The van der Waals surface area contributed by atoms with Gasteiger partial charge in [0.25, 0.3) is 0 Å². The minimum atomic E-state index is -1.42. The predicted octanol–water partition coefficient (Wildman–Crippen LogP) is 6.17. The van der Waals surface area contributed by atoms with E-state index in [0.29, 0.717) is 44.1 Å². The number of carbonyl (C=O) groups excluding carboxylic acids is 3. The van der Waals surface area contributed by atoms with Crippen molar-refractivity contribution < 1.29 is 28.6 Å². The molecule has 1 spiro atoms. The van der Waals surface area contributed by atoms with Gasteiger partial charge in [-0.25, -0.2) is 0 Å². The summed E-state index contributed by atoms with van der Waals surface area (Å²) in [4.78, 5) is 46.3. The SMILES string of the molecule is COc1ccc(C(=O)[C@@H]2[C@@H](C(=O)c3ccc4c(c3)OCO4)[C@@]3(C(=O)Nc4ccccc43)[C@H]3c4ccccc4C=CN23)cc1Br. The van der Waals surface area contributed by atoms with Gasteiger partial charge in [-0.3, -0.25) is 14.4 Å². The van der Waals surface area contributed by atoms with Crippen LogP contribution < -0.4 is 19.5 Å². The lowest BCUT2D eigenvalue weighted by Crippen LogP contribution is -2.49. The molecule has 1 amide bonds. The Morgan fingerprint density at radius 1 is 0.932 bits per heavy atom. The largest absolute Gasteiger partial charge is 0.496 e. The summed E-state index contributed by atoms with van der Waals surface area (Å²) in [5.41, 5.74) is 2.43. The number of nitrogens with zero attached hydrogens (tertiary/aromatic N) is 1. The fraction of sp³-hybridized carbons (Fsp3) is 0.171. The van der Waals surface area contributed by atoms with Crippen LogP contribution in [0.4, 0.5) is 5.69 Å². The van der Waals surface area contributed by atoms with Crippen LogP contribution in [-0.2, 0) is 10.2 Å². The van der Waals surface area contributed by atoms with Crippen LogP contribution >= 0.6 is 15.9 Å². The summed E-state index contributed by atoms with van der Waals surface area (Å²) < 4.78 is 17.1. The molecule has 0 radical (unpaired) electrons. The van der Waals surface area contributed by atoms with Crippen molar-refractivity contribution in [2.45, 2.75) is 17.5 Å². The molecule has 4 aliphatic heterocycles. The van der Waals surface area contributed by atoms with E-state index < -0.39 is 23.4 Å². The second-order valence-electron chi connectivity index (χ2n) is 11.2. The van der Waals surface area contributed by atoms with E-state index in [1.54, 1.807) is 43.5 Å². The number of methoxy groups -OCH3 is 1. The van der Waals surface area contributed by atoms with Gasteiger partial charge < -0.3 is 24.4 Å². The van der Waals surface area contributed by atoms with Gasteiger partial charge >= 0.3 is 0 Å². The highest BCUT2D eigenvalue weighted by Gasteiger charge is 2.70. The lowest BCUT2D eigenvalue weighted by molar-refractivity contribution is -0.122. The Bertz CT molecular complexity index is 1940. The van der Waals surface area contributed by atoms with Crippen molar-refractivity contribution in [3.05, 3.63) is 123 Å². The monoisotopic (exact) mass is 648 g/mol. The van der Waals surface area contributed by atoms with Gasteiger partial charge in [-0.05, 0) is 81.2 Å². The Morgan fingerprint density at radius 3 is 2.52 bits per heavy atom. The van der Waals surface area contributed by atoms with Gasteiger partial charge in [-0.1, -0.05) is 42.5 Å². The lowest BCUT2D eigenvalue weighted by atomic mass is 9.62. The number of ketones is 2. The summed E-state index contributed by atoms with van der Waals surface area (Å²) in [5, 5.41) is 3.07. The highest BCUT2D eigenvalue weighted by molar-refractivity contribution is 9.10. The van der Waals surface area contributed by atoms with Crippen molar-refractivity contribution in [3.63, 3.8) is 0 Å². The van der Waals surface area contributed by atoms with E-state index >= 15 is 4.79 Å². The standard InChI is InChI=1S/C35H25BrN2O6/c1-42-26-12-10-20(16-24(26)36)32(40)30-29(31(39)21-11-13-27-28(17-21)44-18-43-27)35(23-8-4-5-9-25(23)37-34(35)41)33-22-7-3-2-6-19(22)14-15-38(30)33/h2-17,29-30,33H,18H2,1H3,(H,37,41)/t29-,30-,33+,35+/m0/s1. The van der Waals surface area contributed by atoms with E-state index in [4.69, 9.17) is 14.2 Å². The lowest BCUT2D eigenvalue weighted by Gasteiger charge is -2.38. The first kappa shape index (κ1) is 26.7. The normalized spacial score (nSPS) is 23.6. The van der Waals surface area contributed by atoms with Crippen LogP contribution in [0.5, 0.6) is 17.2 Å². The third-order valence-corrected chi connectivity index (χ3v) is 9.83. The Balaban J connectivity index is 1.40. The maximum atomic E-state index is 15.0. The third-order valence-electron chi connectivity index (χ3n) is 9.21. The smallest absolute Gasteiger partial charge is 0.238 e. The molecule has 1 fully saturated rings. The summed E-state index contributed by atoms with van der Waals surface area (Å²) >= 11 is 3.51. The molecule has 0 aromatic heterocycles. The number of fused-ring (bicyclic) bond motifs is 7. The van der Waals surface area contributed by atoms with Gasteiger partial charge in [0, 0.05) is 23.0 Å². The zero-order valence-corrected chi connectivity index (χ0v) is 25.0. The predicted molar refractivity (Wildman–Crippen MR) is 166 cm³/mol. The summed E-state index contributed by atoms with van der Waals surface area (Å²) in [6.45, 7) is 0.0566. The number of halogens is 1. The molecule has 4 heterocycles. The van der Waals surface area contributed by atoms with Crippen molar-refractivity contribution in [1.82, 2.24) is 4.90 Å². The second kappa shape index (κ2) is 9.82. The molecule has 4 atom stereocenters. The molecule has 9 heteroatoms. The molecule has 0 saturated carbocycles. The number of carbonyl (C=O) groups is 3. The molecule has 44 heavy (non-hydrogen) atoms. The summed E-state index contributed by atoms with van der Waals surface area (Å²) in [6.07, 6.45) is 3.80. The first-order valence-corrected chi connectivity index (χ1v) is 15.0. The number of anilines is 1. The molecule has 8 nitrogen and oxygen atoms in total. The van der Waals surface area contributed by atoms with Crippen LogP contribution in [0.2, 0.25) is 0 Å². The number of rotatable bonds is 5. The molecule has 8 rings (SSSR count). The highest BCUT2D eigenvalue weighted by atomic mass is 79.9. The number of ether oxygens (including phenoxy) is 3. The van der Waals surface area contributed by atoms with Crippen LogP contribution in [0.15, 0.2) is 95.6 Å². The summed E-state index contributed by atoms with van der Waals surface area (Å²) in [5.74, 6) is -0.464. The molecule has 1 N–H and O–H groups in total. The Kier molecular flexibility index (Phi) is 5.96. The van der Waals surface area contributed by atoms with E-state index in [0.717, 1.165) is 11.1 Å². The zero-order valence-electron chi connectivity index (χ0n) is 23.5. The number of Topliss-reactive ketones (excluding diaryl/α,β-unsaturated/α-hetero) is 2. The van der Waals surface area contributed by atoms with Gasteiger partial charge in [0.2, 0.25) is 12.7 Å². The number of hydrogen-bond donors (Lipinski definition) is 1. The summed E-state index contributed by atoms with van der Waals surface area (Å²) in [6, 6.07) is 23.8. The molecule has 0 bridgehead atoms. The molecule has 0 aliphatic carbocycles. The van der Waals surface area contributed by atoms with Gasteiger partial charge in [0.1, 0.15) is 17.2 Å². The third kappa shape index (κ3) is 3.59. The fourth-order valence-electron chi connectivity index (χ4n) is 7.39. The zero-order chi connectivity index (χ0) is 30.2. The number of hydrogen-bond acceptors (Lipinski definition) is 7. The van der Waals surface area contributed by atoms with Crippen molar-refractivity contribution in [2.75, 3.05) is 19.2 Å². The maximum absolute atomic E-state index is 15.0. The number of para-hydroxylation sites is 1. The molecule has 4 aromatic rings. The van der Waals surface area contributed by atoms with Crippen LogP contribution in [0.3, 0.4) is 0 Å². The molecular formula is C35H25BrN2O6. The number of amides is 1. The second-order valence-corrected chi connectivity index (χ2v) is 12.1. The van der Waals surface area contributed by atoms with E-state index in [1.165, 1.54) is 0 Å². The first-order valence-electron chi connectivity index (χ1n) is 14.2. The first-order chi connectivity index (χ1) is 21.4. The van der Waals surface area contributed by atoms with Crippen LogP contribution in [-0.4, -0.2) is 42.3 Å². The Labute approximate surface area is 261 Å². The van der Waals surface area contributed by atoms with Gasteiger partial charge in [-0.15, -0.1) is 0 Å². The molecule has 4 aromatic carbocycles.